The molecule has 1 N–H and O–H groups in total. The van der Waals surface area contributed by atoms with E-state index in [9.17, 15) is 16.8 Å². The van der Waals surface area contributed by atoms with Crippen LogP contribution in [0, 0.1) is 0 Å². The Hall–Kier alpha value is -1.38. The lowest BCUT2D eigenvalue weighted by atomic mass is 10.3. The van der Waals surface area contributed by atoms with E-state index in [1.165, 1.54) is 24.3 Å². The van der Waals surface area contributed by atoms with Crippen molar-refractivity contribution in [3.63, 3.8) is 0 Å². The number of sulfonamides is 1. The largest absolute Gasteiger partial charge is 0.278 e. The Morgan fingerprint density at radius 2 is 1.38 bits per heavy atom. The highest BCUT2D eigenvalue weighted by Crippen LogP contribution is 2.27. The van der Waals surface area contributed by atoms with Gasteiger partial charge < -0.3 is 0 Å². The van der Waals surface area contributed by atoms with Crippen LogP contribution in [0.4, 0.5) is 5.69 Å². The summed E-state index contributed by atoms with van der Waals surface area (Å²) in [5, 5.41) is 0. The first-order chi connectivity index (χ1) is 9.72. The second-order valence-electron chi connectivity index (χ2n) is 4.30. The molecule has 0 aliphatic heterocycles. The van der Waals surface area contributed by atoms with Crippen LogP contribution in [0.25, 0.3) is 0 Å². The lowest BCUT2D eigenvalue weighted by Gasteiger charge is -2.12. The van der Waals surface area contributed by atoms with Gasteiger partial charge in [0.15, 0.2) is 9.84 Å². The maximum Gasteiger partial charge on any atom is 0.263 e. The first-order valence-electron chi connectivity index (χ1n) is 5.78. The SMILES string of the molecule is CS(=O)(=O)c1ccccc1NS(=O)(=O)c1ccccc1Br. The number of benzene rings is 2. The Balaban J connectivity index is 2.51. The summed E-state index contributed by atoms with van der Waals surface area (Å²) in [6.45, 7) is 0. The fourth-order valence-corrected chi connectivity index (χ4v) is 4.73. The van der Waals surface area contributed by atoms with E-state index in [-0.39, 0.29) is 15.5 Å². The molecular formula is C13H12BrNO4S2. The molecule has 0 aliphatic carbocycles. The highest BCUT2D eigenvalue weighted by molar-refractivity contribution is 9.10. The van der Waals surface area contributed by atoms with Gasteiger partial charge in [-0.15, -0.1) is 0 Å². The van der Waals surface area contributed by atoms with Crippen molar-refractivity contribution >= 4 is 41.5 Å². The first-order valence-corrected chi connectivity index (χ1v) is 9.95. The van der Waals surface area contributed by atoms with E-state index >= 15 is 0 Å². The molecule has 0 radical (unpaired) electrons. The Bertz CT molecular complexity index is 877. The lowest BCUT2D eigenvalue weighted by Crippen LogP contribution is -2.15. The third-order valence-corrected chi connectivity index (χ3v) is 6.19. The van der Waals surface area contributed by atoms with Gasteiger partial charge in [-0.2, -0.15) is 0 Å². The monoisotopic (exact) mass is 389 g/mol. The number of nitrogens with one attached hydrogen (secondary N) is 1. The van der Waals surface area contributed by atoms with Gasteiger partial charge in [0.05, 0.1) is 10.6 Å². The summed E-state index contributed by atoms with van der Waals surface area (Å²) in [5.74, 6) is 0. The predicted molar refractivity (Wildman–Crippen MR) is 84.5 cm³/mol. The van der Waals surface area contributed by atoms with Crippen molar-refractivity contribution in [1.82, 2.24) is 0 Å². The minimum absolute atomic E-state index is 0.0238. The maximum atomic E-state index is 12.4. The van der Waals surface area contributed by atoms with E-state index < -0.39 is 19.9 Å². The molecule has 0 aliphatic rings. The van der Waals surface area contributed by atoms with Crippen molar-refractivity contribution in [3.05, 3.63) is 53.0 Å². The van der Waals surface area contributed by atoms with E-state index in [1.54, 1.807) is 24.3 Å². The standard InChI is InChI=1S/C13H12BrNO4S2/c1-20(16,17)13-9-5-3-7-11(13)15-21(18,19)12-8-4-2-6-10(12)14/h2-9,15H,1H3. The molecule has 2 aromatic carbocycles. The van der Waals surface area contributed by atoms with Crippen LogP contribution in [-0.2, 0) is 19.9 Å². The summed E-state index contributed by atoms with van der Waals surface area (Å²) in [7, 11) is -7.42. The van der Waals surface area contributed by atoms with E-state index in [1.807, 2.05) is 0 Å². The molecule has 21 heavy (non-hydrogen) atoms. The smallest absolute Gasteiger partial charge is 0.263 e. The van der Waals surface area contributed by atoms with Crippen molar-refractivity contribution in [2.75, 3.05) is 11.0 Å². The third kappa shape index (κ3) is 3.63. The molecule has 5 nitrogen and oxygen atoms in total. The Morgan fingerprint density at radius 1 is 0.857 bits per heavy atom. The van der Waals surface area contributed by atoms with Crippen LogP contribution in [-0.4, -0.2) is 23.1 Å². The summed E-state index contributed by atoms with van der Waals surface area (Å²) in [6, 6.07) is 12.2. The maximum absolute atomic E-state index is 12.4. The third-order valence-electron chi connectivity index (χ3n) is 2.66. The number of sulfone groups is 1. The second-order valence-corrected chi connectivity index (χ2v) is 8.79. The van der Waals surface area contributed by atoms with Crippen molar-refractivity contribution in [2.24, 2.45) is 0 Å². The summed E-state index contributed by atoms with van der Waals surface area (Å²) >= 11 is 3.17. The lowest BCUT2D eigenvalue weighted by molar-refractivity contribution is 0.600. The Kier molecular flexibility index (Phi) is 4.40. The minimum Gasteiger partial charge on any atom is -0.278 e. The van der Waals surface area contributed by atoms with Gasteiger partial charge in [-0.05, 0) is 40.2 Å². The van der Waals surface area contributed by atoms with Gasteiger partial charge in [0, 0.05) is 10.7 Å². The molecule has 0 fully saturated rings. The van der Waals surface area contributed by atoms with E-state index in [0.717, 1.165) is 6.26 Å². The number of para-hydroxylation sites is 1. The molecule has 0 spiro atoms. The average Bonchev–Trinajstić information content (AvgIpc) is 2.38. The van der Waals surface area contributed by atoms with Crippen molar-refractivity contribution in [3.8, 4) is 0 Å². The van der Waals surface area contributed by atoms with E-state index in [2.05, 4.69) is 20.7 Å². The van der Waals surface area contributed by atoms with Crippen LogP contribution in [0.1, 0.15) is 0 Å². The topological polar surface area (TPSA) is 80.3 Å². The first kappa shape index (κ1) is 16.0. The average molecular weight is 390 g/mol. The molecule has 0 heterocycles. The summed E-state index contributed by atoms with van der Waals surface area (Å²) in [6.07, 6.45) is 1.03. The highest BCUT2D eigenvalue weighted by atomic mass is 79.9. The van der Waals surface area contributed by atoms with Crippen LogP contribution >= 0.6 is 15.9 Å². The summed E-state index contributed by atoms with van der Waals surface area (Å²) < 4.78 is 50.8. The van der Waals surface area contributed by atoms with Gasteiger partial charge in [0.1, 0.15) is 4.90 Å². The molecule has 8 heteroatoms. The summed E-state index contributed by atoms with van der Waals surface area (Å²) in [4.78, 5) is -0.0334. The van der Waals surface area contributed by atoms with Crippen molar-refractivity contribution < 1.29 is 16.8 Å². The van der Waals surface area contributed by atoms with Gasteiger partial charge in [-0.3, -0.25) is 4.72 Å². The molecule has 2 aromatic rings. The molecular weight excluding hydrogens is 378 g/mol. The number of hydrogen-bond donors (Lipinski definition) is 1. The van der Waals surface area contributed by atoms with Gasteiger partial charge in [-0.25, -0.2) is 16.8 Å². The fourth-order valence-electron chi connectivity index (χ4n) is 1.74. The van der Waals surface area contributed by atoms with Crippen molar-refractivity contribution in [2.45, 2.75) is 9.79 Å². The quantitative estimate of drug-likeness (QED) is 0.871. The van der Waals surface area contributed by atoms with Crippen LogP contribution in [0.3, 0.4) is 0 Å². The molecule has 0 atom stereocenters. The van der Waals surface area contributed by atoms with Crippen LogP contribution < -0.4 is 4.72 Å². The summed E-state index contributed by atoms with van der Waals surface area (Å²) in [5.41, 5.74) is 0.0238. The molecule has 0 bridgehead atoms. The predicted octanol–water partition coefficient (Wildman–Crippen LogP) is 2.65. The van der Waals surface area contributed by atoms with Gasteiger partial charge >= 0.3 is 0 Å². The molecule has 112 valence electrons. The van der Waals surface area contributed by atoms with Crippen LogP contribution in [0.5, 0.6) is 0 Å². The molecule has 0 unspecified atom stereocenters. The zero-order valence-electron chi connectivity index (χ0n) is 10.9. The Labute approximate surface area is 132 Å². The number of rotatable bonds is 4. The van der Waals surface area contributed by atoms with E-state index in [4.69, 9.17) is 0 Å². The number of halogens is 1. The molecule has 0 saturated heterocycles. The van der Waals surface area contributed by atoms with Crippen molar-refractivity contribution in [1.29, 1.82) is 0 Å². The molecule has 2 rings (SSSR count). The molecule has 0 aromatic heterocycles. The number of anilines is 1. The van der Waals surface area contributed by atoms with Gasteiger partial charge in [0.2, 0.25) is 0 Å². The van der Waals surface area contributed by atoms with Crippen LogP contribution in [0.15, 0.2) is 62.8 Å². The zero-order valence-corrected chi connectivity index (χ0v) is 14.2. The van der Waals surface area contributed by atoms with Gasteiger partial charge in [-0.1, -0.05) is 24.3 Å². The highest BCUT2D eigenvalue weighted by Gasteiger charge is 2.21. The van der Waals surface area contributed by atoms with Crippen LogP contribution in [0.2, 0.25) is 0 Å². The molecule has 0 saturated carbocycles. The normalized spacial score (nSPS) is 12.1. The zero-order chi connectivity index (χ0) is 15.7. The second kappa shape index (κ2) is 5.78. The van der Waals surface area contributed by atoms with Gasteiger partial charge in [0.25, 0.3) is 10.0 Å². The van der Waals surface area contributed by atoms with E-state index in [0.29, 0.717) is 4.47 Å². The number of hydrogen-bond acceptors (Lipinski definition) is 4. The minimum atomic E-state index is -3.89. The fraction of sp³-hybridized carbons (Fsp3) is 0.0769. The Morgan fingerprint density at radius 3 is 1.95 bits per heavy atom. The molecule has 0 amide bonds.